The molecule has 0 aliphatic carbocycles. The maximum absolute atomic E-state index is 12.5. The van der Waals surface area contributed by atoms with E-state index in [1.54, 1.807) is 36.4 Å². The largest absolute Gasteiger partial charge is 0.493 e. The molecule has 7 nitrogen and oxygen atoms in total. The Kier molecular flexibility index (Phi) is 8.84. The van der Waals surface area contributed by atoms with Crippen molar-refractivity contribution >= 4 is 50.0 Å². The van der Waals surface area contributed by atoms with E-state index in [1.165, 1.54) is 13.3 Å². The van der Waals surface area contributed by atoms with Crippen LogP contribution in [0.3, 0.4) is 0 Å². The third-order valence-corrected chi connectivity index (χ3v) is 5.58. The molecule has 0 saturated heterocycles. The van der Waals surface area contributed by atoms with Gasteiger partial charge in [-0.05, 0) is 79.1 Å². The monoisotopic (exact) mass is 588 g/mol. The molecule has 176 valence electrons. The molecule has 0 heterocycles. The summed E-state index contributed by atoms with van der Waals surface area (Å²) in [5.41, 5.74) is 5.25. The van der Waals surface area contributed by atoms with Crippen LogP contribution in [0.15, 0.2) is 68.6 Å². The van der Waals surface area contributed by atoms with E-state index in [0.717, 1.165) is 20.1 Å². The molecule has 0 fully saturated rings. The zero-order chi connectivity index (χ0) is 24.7. The van der Waals surface area contributed by atoms with Gasteiger partial charge in [0.15, 0.2) is 18.1 Å². The lowest BCUT2D eigenvalue weighted by atomic mass is 10.1. The summed E-state index contributed by atoms with van der Waals surface area (Å²) in [5, 5.41) is 3.96. The van der Waals surface area contributed by atoms with Crippen molar-refractivity contribution in [2.75, 3.05) is 13.7 Å². The number of hydrogen-bond acceptors (Lipinski definition) is 6. The van der Waals surface area contributed by atoms with Gasteiger partial charge in [-0.15, -0.1) is 0 Å². The van der Waals surface area contributed by atoms with Gasteiger partial charge in [-0.2, -0.15) is 5.10 Å². The Labute approximate surface area is 214 Å². The van der Waals surface area contributed by atoms with Gasteiger partial charge in [0.25, 0.3) is 5.91 Å². The van der Waals surface area contributed by atoms with Gasteiger partial charge in [0.2, 0.25) is 0 Å². The lowest BCUT2D eigenvalue weighted by molar-refractivity contribution is -0.123. The van der Waals surface area contributed by atoms with E-state index in [4.69, 9.17) is 14.2 Å². The molecule has 3 aromatic rings. The average Bonchev–Trinajstić information content (AvgIpc) is 2.78. The Hall–Kier alpha value is -3.17. The topological polar surface area (TPSA) is 86.2 Å². The van der Waals surface area contributed by atoms with E-state index >= 15 is 0 Å². The first-order valence-electron chi connectivity index (χ1n) is 10.1. The first-order valence-corrected chi connectivity index (χ1v) is 11.7. The van der Waals surface area contributed by atoms with Gasteiger partial charge in [0.05, 0.1) is 18.9 Å². The van der Waals surface area contributed by atoms with Crippen LogP contribution in [-0.2, 0) is 4.79 Å². The molecule has 9 heteroatoms. The van der Waals surface area contributed by atoms with Gasteiger partial charge in [-0.25, -0.2) is 10.2 Å². The van der Waals surface area contributed by atoms with Crippen molar-refractivity contribution < 1.29 is 23.8 Å². The summed E-state index contributed by atoms with van der Waals surface area (Å²) in [6, 6.07) is 15.7. The van der Waals surface area contributed by atoms with Gasteiger partial charge in [0, 0.05) is 8.95 Å². The maximum Gasteiger partial charge on any atom is 0.343 e. The number of nitrogens with zero attached hydrogens (tertiary/aromatic N) is 1. The second-order valence-corrected chi connectivity index (χ2v) is 9.09. The smallest absolute Gasteiger partial charge is 0.343 e. The second-order valence-electron chi connectivity index (χ2n) is 7.26. The van der Waals surface area contributed by atoms with Crippen molar-refractivity contribution in [1.29, 1.82) is 0 Å². The minimum Gasteiger partial charge on any atom is -0.493 e. The predicted molar refractivity (Wildman–Crippen MR) is 137 cm³/mol. The molecular formula is C25H22Br2N2O5. The average molecular weight is 590 g/mol. The van der Waals surface area contributed by atoms with Crippen LogP contribution in [0.1, 0.15) is 27.0 Å². The van der Waals surface area contributed by atoms with Gasteiger partial charge in [0.1, 0.15) is 5.75 Å². The minimum absolute atomic E-state index is 0.182. The first-order chi connectivity index (χ1) is 16.3. The van der Waals surface area contributed by atoms with Gasteiger partial charge in [-0.3, -0.25) is 4.79 Å². The SMILES string of the molecule is COc1ccc(C=NNC(=O)COc2c(C)cc(Br)cc2C)cc1OC(=O)c1cccc(Br)c1. The molecule has 34 heavy (non-hydrogen) atoms. The van der Waals surface area contributed by atoms with Gasteiger partial charge in [-0.1, -0.05) is 37.9 Å². The van der Waals surface area contributed by atoms with Crippen LogP contribution < -0.4 is 19.6 Å². The van der Waals surface area contributed by atoms with Crippen LogP contribution in [-0.4, -0.2) is 31.8 Å². The van der Waals surface area contributed by atoms with Crippen molar-refractivity contribution in [2.24, 2.45) is 5.10 Å². The highest BCUT2D eigenvalue weighted by Crippen LogP contribution is 2.29. The summed E-state index contributed by atoms with van der Waals surface area (Å²) >= 11 is 6.77. The lowest BCUT2D eigenvalue weighted by Gasteiger charge is -2.12. The third-order valence-electron chi connectivity index (χ3n) is 4.63. The van der Waals surface area contributed by atoms with E-state index in [1.807, 2.05) is 32.0 Å². The number of amides is 1. The van der Waals surface area contributed by atoms with E-state index in [-0.39, 0.29) is 12.4 Å². The Bertz CT molecular complexity index is 1220. The number of nitrogens with one attached hydrogen (secondary N) is 1. The highest BCUT2D eigenvalue weighted by atomic mass is 79.9. The molecule has 0 aliphatic rings. The highest BCUT2D eigenvalue weighted by Gasteiger charge is 2.13. The number of ether oxygens (including phenoxy) is 3. The van der Waals surface area contributed by atoms with Crippen molar-refractivity contribution in [3.8, 4) is 17.2 Å². The molecule has 3 aromatic carbocycles. The summed E-state index contributed by atoms with van der Waals surface area (Å²) in [4.78, 5) is 24.6. The standard InChI is InChI=1S/C25H22Br2N2O5/c1-15-9-20(27)10-16(2)24(15)33-14-23(30)29-28-13-17-7-8-21(32-3)22(11-17)34-25(31)18-5-4-6-19(26)12-18/h4-13H,14H2,1-3H3,(H,29,30). The summed E-state index contributed by atoms with van der Waals surface area (Å²) in [7, 11) is 1.48. The van der Waals surface area contributed by atoms with Crippen molar-refractivity contribution in [3.05, 3.63) is 85.8 Å². The number of rotatable bonds is 8. The van der Waals surface area contributed by atoms with E-state index in [9.17, 15) is 9.59 Å². The van der Waals surface area contributed by atoms with Crippen LogP contribution >= 0.6 is 31.9 Å². The lowest BCUT2D eigenvalue weighted by Crippen LogP contribution is -2.25. The molecule has 0 radical (unpaired) electrons. The fraction of sp³-hybridized carbons (Fsp3) is 0.160. The van der Waals surface area contributed by atoms with Crippen molar-refractivity contribution in [1.82, 2.24) is 5.43 Å². The molecular weight excluding hydrogens is 568 g/mol. The summed E-state index contributed by atoms with van der Waals surface area (Å²) in [6.07, 6.45) is 1.43. The maximum atomic E-state index is 12.5. The molecule has 1 N–H and O–H groups in total. The van der Waals surface area contributed by atoms with Crippen LogP contribution in [0.2, 0.25) is 0 Å². The number of carbonyl (C=O) groups is 2. The molecule has 1 amide bonds. The quantitative estimate of drug-likeness (QED) is 0.160. The van der Waals surface area contributed by atoms with Crippen molar-refractivity contribution in [2.45, 2.75) is 13.8 Å². The van der Waals surface area contributed by atoms with E-state index < -0.39 is 11.9 Å². The highest BCUT2D eigenvalue weighted by molar-refractivity contribution is 9.10. The predicted octanol–water partition coefficient (Wildman–Crippen LogP) is 5.59. The van der Waals surface area contributed by atoms with Crippen molar-refractivity contribution in [3.63, 3.8) is 0 Å². The molecule has 3 rings (SSSR count). The number of carbonyl (C=O) groups excluding carboxylic acids is 2. The number of aryl methyl sites for hydroxylation is 2. The van der Waals surface area contributed by atoms with E-state index in [2.05, 4.69) is 42.4 Å². The number of hydrogen-bond donors (Lipinski definition) is 1. The molecule has 0 bridgehead atoms. The number of benzene rings is 3. The third kappa shape index (κ3) is 6.91. The Morgan fingerprint density at radius 3 is 2.38 bits per heavy atom. The fourth-order valence-electron chi connectivity index (χ4n) is 3.10. The van der Waals surface area contributed by atoms with Crippen LogP contribution in [0.5, 0.6) is 17.2 Å². The Balaban J connectivity index is 1.62. The van der Waals surface area contributed by atoms with Gasteiger partial charge < -0.3 is 14.2 Å². The van der Waals surface area contributed by atoms with Crippen LogP contribution in [0.25, 0.3) is 0 Å². The Morgan fingerprint density at radius 2 is 1.71 bits per heavy atom. The second kappa shape index (κ2) is 11.8. The number of halogens is 2. The molecule has 0 aromatic heterocycles. The zero-order valence-corrected chi connectivity index (χ0v) is 21.9. The molecule has 0 saturated carbocycles. The number of esters is 1. The summed E-state index contributed by atoms with van der Waals surface area (Å²) in [6.45, 7) is 3.64. The van der Waals surface area contributed by atoms with Crippen LogP contribution in [0.4, 0.5) is 0 Å². The molecule has 0 unspecified atom stereocenters. The Morgan fingerprint density at radius 1 is 0.971 bits per heavy atom. The van der Waals surface area contributed by atoms with Gasteiger partial charge >= 0.3 is 5.97 Å². The van der Waals surface area contributed by atoms with Crippen LogP contribution in [0, 0.1) is 13.8 Å². The molecule has 0 spiro atoms. The number of hydrazone groups is 1. The summed E-state index contributed by atoms with van der Waals surface area (Å²) in [5.74, 6) is 0.338. The zero-order valence-electron chi connectivity index (χ0n) is 18.7. The first kappa shape index (κ1) is 25.5. The number of methoxy groups -OCH3 is 1. The summed E-state index contributed by atoms with van der Waals surface area (Å²) < 4.78 is 18.2. The molecule has 0 atom stereocenters. The van der Waals surface area contributed by atoms with E-state index in [0.29, 0.717) is 22.6 Å². The minimum atomic E-state index is -0.530. The normalized spacial score (nSPS) is 10.7. The molecule has 0 aliphatic heterocycles. The fourth-order valence-corrected chi connectivity index (χ4v) is 4.19.